The number of para-hydroxylation sites is 1. The minimum Gasteiger partial charge on any atom is -0.358 e. The van der Waals surface area contributed by atoms with E-state index in [-0.39, 0.29) is 31.4 Å². The van der Waals surface area contributed by atoms with Gasteiger partial charge in [-0.2, -0.15) is 0 Å². The first-order valence-corrected chi connectivity index (χ1v) is 7.50. The molecule has 0 unspecified atom stereocenters. The summed E-state index contributed by atoms with van der Waals surface area (Å²) in [5.41, 5.74) is 0.305. The molecular weight excluding hydrogens is 343 g/mol. The highest BCUT2D eigenvalue weighted by atomic mass is 35.5. The Morgan fingerprint density at radius 3 is 2.26 bits per heavy atom. The summed E-state index contributed by atoms with van der Waals surface area (Å²) >= 11 is 11.9. The molecule has 1 rings (SSSR count). The molecule has 0 heterocycles. The smallest absolute Gasteiger partial charge is 0.244 e. The standard InChI is InChI=1S/C14H18Cl2N4O3/c1-17-11(21)6-18-7-13(23)20(2)8-12(22)19-14-9(15)4-3-5-10(14)16/h3-5,18H,6-8H2,1-2H3,(H,17,21)(H,19,22). The van der Waals surface area contributed by atoms with Crippen LogP contribution in [0.5, 0.6) is 0 Å². The van der Waals surface area contributed by atoms with Crippen LogP contribution in [0.4, 0.5) is 5.69 Å². The molecule has 0 aliphatic carbocycles. The highest BCUT2D eigenvalue weighted by Gasteiger charge is 2.15. The molecule has 0 fully saturated rings. The Hall–Kier alpha value is -1.83. The molecule has 0 radical (unpaired) electrons. The van der Waals surface area contributed by atoms with Crippen LogP contribution in [0.2, 0.25) is 10.0 Å². The number of amides is 3. The van der Waals surface area contributed by atoms with Gasteiger partial charge in [-0.3, -0.25) is 19.7 Å². The zero-order chi connectivity index (χ0) is 17.4. The molecule has 7 nitrogen and oxygen atoms in total. The third kappa shape index (κ3) is 6.43. The summed E-state index contributed by atoms with van der Waals surface area (Å²) < 4.78 is 0. The van der Waals surface area contributed by atoms with E-state index in [1.54, 1.807) is 18.2 Å². The molecular formula is C14H18Cl2N4O3. The first-order chi connectivity index (χ1) is 10.8. The van der Waals surface area contributed by atoms with Gasteiger partial charge in [0.1, 0.15) is 0 Å². The van der Waals surface area contributed by atoms with Crippen molar-refractivity contribution >= 4 is 46.6 Å². The van der Waals surface area contributed by atoms with Gasteiger partial charge in [0.25, 0.3) is 0 Å². The van der Waals surface area contributed by atoms with Gasteiger partial charge >= 0.3 is 0 Å². The molecule has 0 aliphatic heterocycles. The summed E-state index contributed by atoms with van der Waals surface area (Å²) in [6, 6.07) is 4.86. The van der Waals surface area contributed by atoms with Crippen molar-refractivity contribution in [2.24, 2.45) is 0 Å². The molecule has 0 saturated heterocycles. The Kier molecular flexibility index (Phi) is 7.80. The lowest BCUT2D eigenvalue weighted by atomic mass is 10.3. The van der Waals surface area contributed by atoms with Crippen molar-refractivity contribution in [2.45, 2.75) is 0 Å². The van der Waals surface area contributed by atoms with Gasteiger partial charge in [-0.05, 0) is 12.1 Å². The lowest BCUT2D eigenvalue weighted by molar-refractivity contribution is -0.132. The molecule has 0 aliphatic rings. The normalized spacial score (nSPS) is 10.1. The number of benzene rings is 1. The average Bonchev–Trinajstić information content (AvgIpc) is 2.50. The maximum absolute atomic E-state index is 12.0. The quantitative estimate of drug-likeness (QED) is 0.668. The van der Waals surface area contributed by atoms with Crippen LogP contribution in [0.3, 0.4) is 0 Å². The monoisotopic (exact) mass is 360 g/mol. The lowest BCUT2D eigenvalue weighted by Crippen LogP contribution is -2.42. The summed E-state index contributed by atoms with van der Waals surface area (Å²) in [4.78, 5) is 36.0. The van der Waals surface area contributed by atoms with Crippen molar-refractivity contribution in [3.63, 3.8) is 0 Å². The fourth-order valence-corrected chi connectivity index (χ4v) is 2.10. The predicted molar refractivity (Wildman–Crippen MR) is 89.7 cm³/mol. The predicted octanol–water partition coefficient (Wildman–Crippen LogP) is 0.726. The summed E-state index contributed by atoms with van der Waals surface area (Å²) in [6.07, 6.45) is 0. The molecule has 0 aromatic heterocycles. The van der Waals surface area contributed by atoms with Crippen LogP contribution < -0.4 is 16.0 Å². The van der Waals surface area contributed by atoms with Crippen LogP contribution in [0.15, 0.2) is 18.2 Å². The molecule has 23 heavy (non-hydrogen) atoms. The number of carbonyl (C=O) groups is 3. The lowest BCUT2D eigenvalue weighted by Gasteiger charge is -2.17. The van der Waals surface area contributed by atoms with E-state index in [2.05, 4.69) is 16.0 Å². The van der Waals surface area contributed by atoms with Crippen molar-refractivity contribution in [3.05, 3.63) is 28.2 Å². The number of hydrogen-bond acceptors (Lipinski definition) is 4. The van der Waals surface area contributed by atoms with Gasteiger partial charge in [0.15, 0.2) is 0 Å². The molecule has 3 amide bonds. The van der Waals surface area contributed by atoms with E-state index in [1.165, 1.54) is 19.0 Å². The molecule has 9 heteroatoms. The van der Waals surface area contributed by atoms with Crippen molar-refractivity contribution in [1.29, 1.82) is 0 Å². The minimum absolute atomic E-state index is 0.0253. The summed E-state index contributed by atoms with van der Waals surface area (Å²) in [5.74, 6) is -0.983. The Morgan fingerprint density at radius 2 is 1.70 bits per heavy atom. The van der Waals surface area contributed by atoms with Gasteiger partial charge in [-0.15, -0.1) is 0 Å². The van der Waals surface area contributed by atoms with E-state index < -0.39 is 5.91 Å². The summed E-state index contributed by atoms with van der Waals surface area (Å²) in [5, 5.41) is 8.29. The van der Waals surface area contributed by atoms with E-state index in [1.807, 2.05) is 0 Å². The fourth-order valence-electron chi connectivity index (χ4n) is 1.61. The third-order valence-electron chi connectivity index (χ3n) is 2.87. The van der Waals surface area contributed by atoms with Crippen LogP contribution in [0.1, 0.15) is 0 Å². The SMILES string of the molecule is CNC(=O)CNCC(=O)N(C)CC(=O)Nc1c(Cl)cccc1Cl. The molecule has 126 valence electrons. The van der Waals surface area contributed by atoms with Crippen molar-refractivity contribution in [3.8, 4) is 0 Å². The highest BCUT2D eigenvalue weighted by Crippen LogP contribution is 2.29. The topological polar surface area (TPSA) is 90.5 Å². The molecule has 0 bridgehead atoms. The van der Waals surface area contributed by atoms with E-state index in [4.69, 9.17) is 23.2 Å². The Bertz CT molecular complexity index is 575. The first-order valence-electron chi connectivity index (χ1n) is 6.74. The van der Waals surface area contributed by atoms with Gasteiger partial charge in [0.2, 0.25) is 17.7 Å². The summed E-state index contributed by atoms with van der Waals surface area (Å²) in [6.45, 7) is -0.191. The number of rotatable bonds is 7. The second-order valence-electron chi connectivity index (χ2n) is 4.67. The van der Waals surface area contributed by atoms with Crippen LogP contribution >= 0.6 is 23.2 Å². The molecule has 1 aromatic carbocycles. The number of carbonyl (C=O) groups excluding carboxylic acids is 3. The Balaban J connectivity index is 2.47. The van der Waals surface area contributed by atoms with E-state index in [0.717, 1.165) is 0 Å². The van der Waals surface area contributed by atoms with Crippen LogP contribution in [-0.4, -0.2) is 56.4 Å². The minimum atomic E-state index is -0.429. The van der Waals surface area contributed by atoms with Crippen LogP contribution in [0, 0.1) is 0 Å². The van der Waals surface area contributed by atoms with Gasteiger partial charge < -0.3 is 15.5 Å². The van der Waals surface area contributed by atoms with Gasteiger partial charge in [0, 0.05) is 14.1 Å². The Morgan fingerprint density at radius 1 is 1.09 bits per heavy atom. The third-order valence-corrected chi connectivity index (χ3v) is 3.50. The molecule has 1 aromatic rings. The number of nitrogens with zero attached hydrogens (tertiary/aromatic N) is 1. The molecule has 0 saturated carbocycles. The fraction of sp³-hybridized carbons (Fsp3) is 0.357. The Labute approximate surface area is 144 Å². The van der Waals surface area contributed by atoms with Crippen molar-refractivity contribution in [2.75, 3.05) is 39.0 Å². The molecule has 3 N–H and O–H groups in total. The first kappa shape index (κ1) is 19.2. The molecule has 0 spiro atoms. The molecule has 0 atom stereocenters. The maximum Gasteiger partial charge on any atom is 0.244 e. The number of anilines is 1. The highest BCUT2D eigenvalue weighted by molar-refractivity contribution is 6.39. The van der Waals surface area contributed by atoms with E-state index >= 15 is 0 Å². The second kappa shape index (κ2) is 9.34. The van der Waals surface area contributed by atoms with Crippen molar-refractivity contribution < 1.29 is 14.4 Å². The van der Waals surface area contributed by atoms with Crippen LogP contribution in [0.25, 0.3) is 0 Å². The van der Waals surface area contributed by atoms with E-state index in [0.29, 0.717) is 15.7 Å². The van der Waals surface area contributed by atoms with Crippen molar-refractivity contribution in [1.82, 2.24) is 15.5 Å². The van der Waals surface area contributed by atoms with Gasteiger partial charge in [-0.1, -0.05) is 29.3 Å². The zero-order valence-electron chi connectivity index (χ0n) is 12.8. The number of hydrogen-bond donors (Lipinski definition) is 3. The largest absolute Gasteiger partial charge is 0.358 e. The second-order valence-corrected chi connectivity index (χ2v) is 5.49. The number of halogens is 2. The van der Waals surface area contributed by atoms with Crippen LogP contribution in [-0.2, 0) is 14.4 Å². The number of nitrogens with one attached hydrogen (secondary N) is 3. The average molecular weight is 361 g/mol. The summed E-state index contributed by atoms with van der Waals surface area (Å²) in [7, 11) is 2.99. The number of likely N-dealkylation sites (N-methyl/N-ethyl adjacent to an activating group) is 2. The van der Waals surface area contributed by atoms with E-state index in [9.17, 15) is 14.4 Å². The van der Waals surface area contributed by atoms with Gasteiger partial charge in [0.05, 0.1) is 35.4 Å². The zero-order valence-corrected chi connectivity index (χ0v) is 14.3. The maximum atomic E-state index is 12.0. The van der Waals surface area contributed by atoms with Gasteiger partial charge in [-0.25, -0.2) is 0 Å².